The SMILES string of the molecule is CC(C)n1c(=O)c2c(C(CC(=O)C3CC3)N=O)ncn2c2ccccc21. The van der Waals surface area contributed by atoms with Crippen molar-refractivity contribution in [1.82, 2.24) is 14.0 Å². The number of aromatic nitrogens is 3. The number of ketones is 1. The van der Waals surface area contributed by atoms with Crippen LogP contribution in [-0.2, 0) is 4.79 Å². The Labute approximate surface area is 149 Å². The number of benzene rings is 1. The van der Waals surface area contributed by atoms with Gasteiger partial charge in [-0.25, -0.2) is 4.98 Å². The molecule has 26 heavy (non-hydrogen) atoms. The van der Waals surface area contributed by atoms with Crippen LogP contribution in [0.4, 0.5) is 0 Å². The Hall–Kier alpha value is -2.83. The predicted molar refractivity (Wildman–Crippen MR) is 98.2 cm³/mol. The van der Waals surface area contributed by atoms with E-state index in [1.54, 1.807) is 15.3 Å². The van der Waals surface area contributed by atoms with Crippen LogP contribution in [0.5, 0.6) is 0 Å². The molecule has 134 valence electrons. The van der Waals surface area contributed by atoms with Gasteiger partial charge in [0.2, 0.25) is 0 Å². The molecule has 0 N–H and O–H groups in total. The minimum atomic E-state index is -0.928. The Bertz CT molecular complexity index is 1080. The minimum Gasteiger partial charge on any atom is -0.302 e. The normalized spacial score (nSPS) is 15.7. The Morgan fingerprint density at radius 2 is 1.96 bits per heavy atom. The van der Waals surface area contributed by atoms with Gasteiger partial charge in [-0.2, -0.15) is 4.91 Å². The zero-order chi connectivity index (χ0) is 18.4. The third kappa shape index (κ3) is 2.55. The van der Waals surface area contributed by atoms with E-state index in [1.807, 2.05) is 38.1 Å². The summed E-state index contributed by atoms with van der Waals surface area (Å²) < 4.78 is 3.39. The molecule has 0 amide bonds. The standard InChI is InChI=1S/C19H20N4O3/c1-11(2)23-15-6-4-3-5-14(15)22-10-20-17(18(22)19(23)25)13(21-26)9-16(24)12-7-8-12/h3-6,10-13H,7-9H2,1-2H3. The van der Waals surface area contributed by atoms with Crippen LogP contribution >= 0.6 is 0 Å². The number of Topliss-reactive ketones (excluding diaryl/α,β-unsaturated/α-hetero) is 1. The summed E-state index contributed by atoms with van der Waals surface area (Å²) in [5.74, 6) is 0.0713. The predicted octanol–water partition coefficient (Wildman–Crippen LogP) is 3.41. The summed E-state index contributed by atoms with van der Waals surface area (Å²) in [5.41, 5.74) is 2.02. The van der Waals surface area contributed by atoms with Crippen molar-refractivity contribution in [2.24, 2.45) is 11.1 Å². The lowest BCUT2D eigenvalue weighted by Crippen LogP contribution is -2.25. The molecule has 0 bridgehead atoms. The molecule has 0 aliphatic heterocycles. The molecule has 1 saturated carbocycles. The third-order valence-corrected chi connectivity index (χ3v) is 5.00. The summed E-state index contributed by atoms with van der Waals surface area (Å²) >= 11 is 0. The maximum atomic E-state index is 13.2. The van der Waals surface area contributed by atoms with Gasteiger partial charge in [-0.3, -0.25) is 14.0 Å². The van der Waals surface area contributed by atoms with Gasteiger partial charge in [0.1, 0.15) is 29.4 Å². The summed E-state index contributed by atoms with van der Waals surface area (Å²) in [4.78, 5) is 41.1. The van der Waals surface area contributed by atoms with Gasteiger partial charge < -0.3 is 4.57 Å². The summed E-state index contributed by atoms with van der Waals surface area (Å²) in [6.45, 7) is 3.87. The topological polar surface area (TPSA) is 85.8 Å². The second kappa shape index (κ2) is 6.16. The molecule has 0 radical (unpaired) electrons. The lowest BCUT2D eigenvalue weighted by Gasteiger charge is -2.16. The molecule has 1 unspecified atom stereocenters. The van der Waals surface area contributed by atoms with Crippen molar-refractivity contribution in [3.8, 4) is 0 Å². The van der Waals surface area contributed by atoms with Crippen LogP contribution < -0.4 is 5.56 Å². The summed E-state index contributed by atoms with van der Waals surface area (Å²) in [7, 11) is 0. The van der Waals surface area contributed by atoms with Gasteiger partial charge in [-0.05, 0) is 38.8 Å². The van der Waals surface area contributed by atoms with Crippen molar-refractivity contribution >= 4 is 22.3 Å². The van der Waals surface area contributed by atoms with Gasteiger partial charge in [-0.1, -0.05) is 17.3 Å². The number of hydrogen-bond acceptors (Lipinski definition) is 5. The van der Waals surface area contributed by atoms with E-state index in [1.165, 1.54) is 0 Å². The lowest BCUT2D eigenvalue weighted by atomic mass is 10.0. The molecule has 1 aromatic carbocycles. The summed E-state index contributed by atoms with van der Waals surface area (Å²) in [5, 5.41) is 3.13. The van der Waals surface area contributed by atoms with Crippen LogP contribution in [0.3, 0.4) is 0 Å². The van der Waals surface area contributed by atoms with Gasteiger partial charge in [0, 0.05) is 18.4 Å². The van der Waals surface area contributed by atoms with Gasteiger partial charge in [0.15, 0.2) is 0 Å². The summed E-state index contributed by atoms with van der Waals surface area (Å²) in [6, 6.07) is 6.59. The lowest BCUT2D eigenvalue weighted by molar-refractivity contribution is -0.120. The molecule has 7 heteroatoms. The number of hydrogen-bond donors (Lipinski definition) is 0. The van der Waals surface area contributed by atoms with Crippen molar-refractivity contribution in [3.63, 3.8) is 0 Å². The number of carbonyl (C=O) groups excluding carboxylic acids is 1. The smallest absolute Gasteiger partial charge is 0.277 e. The Kier molecular flexibility index (Phi) is 3.94. The van der Waals surface area contributed by atoms with Crippen molar-refractivity contribution in [1.29, 1.82) is 0 Å². The molecule has 1 aliphatic carbocycles. The molecular formula is C19H20N4O3. The van der Waals surface area contributed by atoms with Crippen LogP contribution in [0, 0.1) is 10.8 Å². The van der Waals surface area contributed by atoms with Crippen LogP contribution in [0.25, 0.3) is 16.6 Å². The Morgan fingerprint density at radius 3 is 2.58 bits per heavy atom. The number of nitrogens with zero attached hydrogens (tertiary/aromatic N) is 4. The maximum absolute atomic E-state index is 13.2. The molecule has 7 nitrogen and oxygen atoms in total. The average molecular weight is 352 g/mol. The zero-order valence-corrected chi connectivity index (χ0v) is 14.8. The fourth-order valence-corrected chi connectivity index (χ4v) is 3.56. The largest absolute Gasteiger partial charge is 0.302 e. The average Bonchev–Trinajstić information content (AvgIpc) is 3.38. The first-order valence-corrected chi connectivity index (χ1v) is 8.88. The van der Waals surface area contributed by atoms with E-state index in [9.17, 15) is 14.5 Å². The highest BCUT2D eigenvalue weighted by atomic mass is 16.3. The second-order valence-electron chi connectivity index (χ2n) is 7.17. The fourth-order valence-electron chi connectivity index (χ4n) is 3.56. The van der Waals surface area contributed by atoms with Gasteiger partial charge in [0.25, 0.3) is 5.56 Å². The van der Waals surface area contributed by atoms with Crippen LogP contribution in [0.1, 0.15) is 50.9 Å². The molecule has 1 aliphatic rings. The number of imidazole rings is 1. The first kappa shape index (κ1) is 16.6. The van der Waals surface area contributed by atoms with Crippen LogP contribution in [-0.4, -0.2) is 19.7 Å². The highest BCUT2D eigenvalue weighted by Crippen LogP contribution is 2.34. The van der Waals surface area contributed by atoms with Gasteiger partial charge in [-0.15, -0.1) is 0 Å². The maximum Gasteiger partial charge on any atom is 0.277 e. The molecular weight excluding hydrogens is 332 g/mol. The monoisotopic (exact) mass is 352 g/mol. The summed E-state index contributed by atoms with van der Waals surface area (Å²) in [6.07, 6.45) is 3.30. The minimum absolute atomic E-state index is 0.00872. The first-order valence-electron chi connectivity index (χ1n) is 8.88. The van der Waals surface area contributed by atoms with E-state index in [0.29, 0.717) is 11.2 Å². The molecule has 0 spiro atoms. The zero-order valence-electron chi connectivity index (χ0n) is 14.8. The van der Waals surface area contributed by atoms with Gasteiger partial charge >= 0.3 is 0 Å². The number of para-hydroxylation sites is 2. The molecule has 2 aromatic heterocycles. The van der Waals surface area contributed by atoms with E-state index in [0.717, 1.165) is 23.9 Å². The second-order valence-corrected chi connectivity index (χ2v) is 7.17. The van der Waals surface area contributed by atoms with E-state index in [2.05, 4.69) is 10.2 Å². The third-order valence-electron chi connectivity index (χ3n) is 5.00. The molecule has 1 atom stereocenters. The number of fused-ring (bicyclic) bond motifs is 3. The van der Waals surface area contributed by atoms with Crippen molar-refractivity contribution in [2.45, 2.75) is 45.2 Å². The fraction of sp³-hybridized carbons (Fsp3) is 0.421. The Morgan fingerprint density at radius 1 is 1.27 bits per heavy atom. The van der Waals surface area contributed by atoms with Crippen molar-refractivity contribution in [2.75, 3.05) is 0 Å². The van der Waals surface area contributed by atoms with E-state index < -0.39 is 6.04 Å². The quantitative estimate of drug-likeness (QED) is 0.636. The molecule has 4 rings (SSSR count). The van der Waals surface area contributed by atoms with Crippen molar-refractivity contribution < 1.29 is 4.79 Å². The Balaban J connectivity index is 1.95. The van der Waals surface area contributed by atoms with Crippen LogP contribution in [0.15, 0.2) is 40.6 Å². The molecule has 1 fully saturated rings. The van der Waals surface area contributed by atoms with E-state index in [4.69, 9.17) is 0 Å². The highest BCUT2D eigenvalue weighted by Gasteiger charge is 2.33. The van der Waals surface area contributed by atoms with Crippen molar-refractivity contribution in [3.05, 3.63) is 51.5 Å². The van der Waals surface area contributed by atoms with E-state index >= 15 is 0 Å². The van der Waals surface area contributed by atoms with E-state index in [-0.39, 0.29) is 29.7 Å². The highest BCUT2D eigenvalue weighted by molar-refractivity contribution is 5.84. The first-order chi connectivity index (χ1) is 12.5. The number of carbonyl (C=O) groups is 1. The molecule has 2 heterocycles. The van der Waals surface area contributed by atoms with Crippen LogP contribution in [0.2, 0.25) is 0 Å². The number of rotatable bonds is 6. The van der Waals surface area contributed by atoms with Gasteiger partial charge in [0.05, 0.1) is 11.0 Å². The number of nitroso groups, excluding NO2 is 1. The molecule has 0 saturated heterocycles. The molecule has 3 aromatic rings.